The summed E-state index contributed by atoms with van der Waals surface area (Å²) in [5.41, 5.74) is 0.0894. The van der Waals surface area contributed by atoms with Crippen LogP contribution >= 0.6 is 0 Å². The molecule has 0 saturated carbocycles. The molecule has 0 aliphatic heterocycles. The molecule has 0 aliphatic carbocycles. The number of hydrogen-bond acceptors (Lipinski definition) is 6. The third-order valence-corrected chi connectivity index (χ3v) is 2.96. The molecule has 8 nitrogen and oxygen atoms in total. The predicted molar refractivity (Wildman–Crippen MR) is 82.5 cm³/mol. The van der Waals surface area contributed by atoms with E-state index in [4.69, 9.17) is 9.84 Å². The van der Waals surface area contributed by atoms with Crippen molar-refractivity contribution in [3.63, 3.8) is 0 Å². The first-order valence-electron chi connectivity index (χ1n) is 6.64. The lowest BCUT2D eigenvalue weighted by Crippen LogP contribution is -2.17. The molecule has 1 amide bonds. The molecule has 0 aliphatic rings. The maximum Gasteiger partial charge on any atom is 0.417 e. The lowest BCUT2D eigenvalue weighted by atomic mass is 10.2. The largest absolute Gasteiger partial charge is 0.507 e. The molecule has 0 heterocycles. The molecule has 0 radical (unpaired) electrons. The maximum atomic E-state index is 11.8. The first kappa shape index (κ1) is 16.8. The number of rotatable bonds is 4. The third-order valence-electron chi connectivity index (χ3n) is 2.96. The number of anilines is 1. The second-order valence-corrected chi connectivity index (χ2v) is 4.57. The number of aromatic hydroxyl groups is 1. The molecule has 2 aromatic rings. The van der Waals surface area contributed by atoms with E-state index in [9.17, 15) is 19.5 Å². The van der Waals surface area contributed by atoms with Gasteiger partial charge in [0.2, 0.25) is 0 Å². The molecule has 0 bridgehead atoms. The highest BCUT2D eigenvalue weighted by Gasteiger charge is 2.13. The lowest BCUT2D eigenvalue weighted by molar-refractivity contribution is 0.0599. The lowest BCUT2D eigenvalue weighted by Gasteiger charge is -2.08. The second kappa shape index (κ2) is 7.14. The Kier molecular flexibility index (Phi) is 5.00. The van der Waals surface area contributed by atoms with Gasteiger partial charge in [0.15, 0.2) is 0 Å². The number of hydrogen-bond donors (Lipinski definition) is 3. The number of aromatic carboxylic acids is 1. The first-order valence-corrected chi connectivity index (χ1v) is 6.64. The van der Waals surface area contributed by atoms with Crippen molar-refractivity contribution in [3.05, 3.63) is 53.6 Å². The van der Waals surface area contributed by atoms with Crippen LogP contribution in [0.4, 0.5) is 10.5 Å². The Morgan fingerprint density at radius 2 is 1.71 bits per heavy atom. The summed E-state index contributed by atoms with van der Waals surface area (Å²) in [7, 11) is 1.25. The summed E-state index contributed by atoms with van der Waals surface area (Å²) in [6, 6.07) is 9.23. The van der Waals surface area contributed by atoms with Gasteiger partial charge in [-0.2, -0.15) is 0 Å². The Hall–Kier alpha value is -3.55. The molecule has 0 atom stereocenters. The Bertz CT molecular complexity index is 784. The Labute approximate surface area is 136 Å². The molecule has 2 rings (SSSR count). The minimum Gasteiger partial charge on any atom is -0.507 e. The zero-order valence-corrected chi connectivity index (χ0v) is 12.5. The van der Waals surface area contributed by atoms with Crippen LogP contribution in [-0.2, 0) is 4.74 Å². The van der Waals surface area contributed by atoms with Gasteiger partial charge in [0.1, 0.15) is 17.1 Å². The molecular formula is C16H13NO7. The summed E-state index contributed by atoms with van der Waals surface area (Å²) in [4.78, 5) is 34.0. The maximum absolute atomic E-state index is 11.8. The smallest absolute Gasteiger partial charge is 0.417 e. The second-order valence-electron chi connectivity index (χ2n) is 4.57. The summed E-state index contributed by atoms with van der Waals surface area (Å²) < 4.78 is 9.55. The van der Waals surface area contributed by atoms with E-state index in [0.717, 1.165) is 12.1 Å². The zero-order chi connectivity index (χ0) is 17.7. The topological polar surface area (TPSA) is 122 Å². The number of carbonyl (C=O) groups excluding carboxylic acids is 2. The number of carboxylic acids is 1. The number of methoxy groups -OCH3 is 1. The van der Waals surface area contributed by atoms with Crippen LogP contribution in [-0.4, -0.2) is 35.4 Å². The van der Waals surface area contributed by atoms with E-state index in [0.29, 0.717) is 5.56 Å². The molecule has 0 spiro atoms. The average Bonchev–Trinajstić information content (AvgIpc) is 2.56. The van der Waals surface area contributed by atoms with E-state index >= 15 is 0 Å². The van der Waals surface area contributed by atoms with Gasteiger partial charge in [-0.1, -0.05) is 0 Å². The number of phenols is 1. The van der Waals surface area contributed by atoms with E-state index < -0.39 is 23.8 Å². The molecule has 0 fully saturated rings. The monoisotopic (exact) mass is 331 g/mol. The molecule has 24 heavy (non-hydrogen) atoms. The quantitative estimate of drug-likeness (QED) is 0.581. The van der Waals surface area contributed by atoms with Crippen LogP contribution in [0.25, 0.3) is 0 Å². The van der Waals surface area contributed by atoms with Gasteiger partial charge in [0, 0.05) is 5.69 Å². The molecule has 0 saturated heterocycles. The SMILES string of the molecule is COC(=O)c1ccc(OC(=O)Nc2ccc(O)c(C(=O)O)c2)cc1. The summed E-state index contributed by atoms with van der Waals surface area (Å²) in [5, 5.41) is 20.6. The molecule has 124 valence electrons. The third kappa shape index (κ3) is 4.01. The fourth-order valence-electron chi connectivity index (χ4n) is 1.81. The van der Waals surface area contributed by atoms with Crippen molar-refractivity contribution in [2.75, 3.05) is 12.4 Å². The van der Waals surface area contributed by atoms with Gasteiger partial charge in [-0.15, -0.1) is 0 Å². The number of esters is 1. The van der Waals surface area contributed by atoms with Crippen LogP contribution < -0.4 is 10.1 Å². The molecule has 3 N–H and O–H groups in total. The van der Waals surface area contributed by atoms with E-state index in [2.05, 4.69) is 10.1 Å². The van der Waals surface area contributed by atoms with E-state index in [1.165, 1.54) is 37.4 Å². The first-order chi connectivity index (χ1) is 11.4. The highest BCUT2D eigenvalue weighted by molar-refractivity contribution is 5.94. The fourth-order valence-corrected chi connectivity index (χ4v) is 1.81. The normalized spacial score (nSPS) is 9.88. The summed E-state index contributed by atoms with van der Waals surface area (Å²) in [6.07, 6.45) is -0.858. The molecule has 0 aromatic heterocycles. The highest BCUT2D eigenvalue weighted by atomic mass is 16.6. The van der Waals surface area contributed by atoms with Gasteiger partial charge in [-0.25, -0.2) is 14.4 Å². The van der Waals surface area contributed by atoms with Gasteiger partial charge in [0.05, 0.1) is 12.7 Å². The van der Waals surface area contributed by atoms with Crippen molar-refractivity contribution in [3.8, 4) is 11.5 Å². The van der Waals surface area contributed by atoms with Crippen LogP contribution in [0.2, 0.25) is 0 Å². The highest BCUT2D eigenvalue weighted by Crippen LogP contribution is 2.22. The number of amides is 1. The molecule has 8 heteroatoms. The number of carbonyl (C=O) groups is 3. The number of benzene rings is 2. The molecule has 0 unspecified atom stereocenters. The van der Waals surface area contributed by atoms with Gasteiger partial charge in [-0.3, -0.25) is 5.32 Å². The van der Waals surface area contributed by atoms with Gasteiger partial charge >= 0.3 is 18.0 Å². The van der Waals surface area contributed by atoms with Crippen LogP contribution in [0.3, 0.4) is 0 Å². The van der Waals surface area contributed by atoms with E-state index in [1.54, 1.807) is 0 Å². The predicted octanol–water partition coefficient (Wildman–Crippen LogP) is 2.49. The number of nitrogens with one attached hydrogen (secondary N) is 1. The minimum absolute atomic E-state index is 0.140. The minimum atomic E-state index is -1.33. The Morgan fingerprint density at radius 1 is 1.04 bits per heavy atom. The van der Waals surface area contributed by atoms with Crippen molar-refractivity contribution in [1.82, 2.24) is 0 Å². The van der Waals surface area contributed by atoms with Crippen molar-refractivity contribution < 1.29 is 34.1 Å². The van der Waals surface area contributed by atoms with Crippen LogP contribution in [0, 0.1) is 0 Å². The summed E-state index contributed by atoms with van der Waals surface area (Å²) >= 11 is 0. The van der Waals surface area contributed by atoms with Crippen molar-refractivity contribution in [2.45, 2.75) is 0 Å². The Balaban J connectivity index is 2.04. The average molecular weight is 331 g/mol. The fraction of sp³-hybridized carbons (Fsp3) is 0.0625. The van der Waals surface area contributed by atoms with Crippen molar-refractivity contribution in [2.24, 2.45) is 0 Å². The molecular weight excluding hydrogens is 318 g/mol. The van der Waals surface area contributed by atoms with Crippen molar-refractivity contribution in [1.29, 1.82) is 0 Å². The van der Waals surface area contributed by atoms with Gasteiger partial charge in [-0.05, 0) is 42.5 Å². The van der Waals surface area contributed by atoms with Gasteiger partial charge < -0.3 is 19.7 Å². The number of carboxylic acid groups (broad SMARTS) is 1. The van der Waals surface area contributed by atoms with Crippen LogP contribution in [0.15, 0.2) is 42.5 Å². The number of ether oxygens (including phenoxy) is 2. The standard InChI is InChI=1S/C16H13NO7/c1-23-15(21)9-2-5-11(6-3-9)24-16(22)17-10-4-7-13(18)12(8-10)14(19)20/h2-8,18H,1H3,(H,17,22)(H,19,20). The molecule has 2 aromatic carbocycles. The van der Waals surface area contributed by atoms with Crippen molar-refractivity contribution >= 4 is 23.7 Å². The van der Waals surface area contributed by atoms with Gasteiger partial charge in [0.25, 0.3) is 0 Å². The summed E-state index contributed by atoms with van der Waals surface area (Å²) in [5.74, 6) is -2.09. The van der Waals surface area contributed by atoms with Crippen LogP contribution in [0.5, 0.6) is 11.5 Å². The Morgan fingerprint density at radius 3 is 2.29 bits per heavy atom. The van der Waals surface area contributed by atoms with E-state index in [-0.39, 0.29) is 17.0 Å². The van der Waals surface area contributed by atoms with Crippen LogP contribution in [0.1, 0.15) is 20.7 Å². The van der Waals surface area contributed by atoms with E-state index in [1.807, 2.05) is 0 Å². The summed E-state index contributed by atoms with van der Waals surface area (Å²) in [6.45, 7) is 0. The zero-order valence-electron chi connectivity index (χ0n) is 12.5.